The normalized spacial score (nSPS) is 22.9. The van der Waals surface area contributed by atoms with Crippen molar-refractivity contribution in [3.8, 4) is 5.75 Å². The summed E-state index contributed by atoms with van der Waals surface area (Å²) in [5, 5.41) is 0. The van der Waals surface area contributed by atoms with Crippen molar-refractivity contribution in [1.82, 2.24) is 10.9 Å². The molecule has 4 nitrogen and oxygen atoms in total. The summed E-state index contributed by atoms with van der Waals surface area (Å²) < 4.78 is 5.31. The van der Waals surface area contributed by atoms with E-state index in [9.17, 15) is 4.79 Å². The van der Waals surface area contributed by atoms with Crippen molar-refractivity contribution in [2.45, 2.75) is 24.3 Å². The highest BCUT2D eigenvalue weighted by molar-refractivity contribution is 7.98. The predicted molar refractivity (Wildman–Crippen MR) is 82.7 cm³/mol. The molecule has 0 spiro atoms. The van der Waals surface area contributed by atoms with E-state index >= 15 is 0 Å². The molecule has 1 aromatic rings. The van der Waals surface area contributed by atoms with E-state index in [1.165, 1.54) is 0 Å². The lowest BCUT2D eigenvalue weighted by molar-refractivity contribution is -0.125. The minimum atomic E-state index is 0.0521. The molecule has 5 heteroatoms. The Balaban J connectivity index is 2.09. The number of hydrogen-bond acceptors (Lipinski definition) is 4. The molecule has 108 valence electrons. The number of thioether (sulfide) groups is 1. The molecule has 2 unspecified atom stereocenters. The minimum Gasteiger partial charge on any atom is -0.496 e. The second kappa shape index (κ2) is 6.81. The third-order valence-corrected chi connectivity index (χ3v) is 4.16. The fourth-order valence-electron chi connectivity index (χ4n) is 2.19. The molecule has 20 heavy (non-hydrogen) atoms. The Morgan fingerprint density at radius 1 is 1.45 bits per heavy atom. The van der Waals surface area contributed by atoms with Gasteiger partial charge in [-0.3, -0.25) is 10.2 Å². The Morgan fingerprint density at radius 3 is 2.90 bits per heavy atom. The smallest absolute Gasteiger partial charge is 0.234 e. The van der Waals surface area contributed by atoms with Gasteiger partial charge in [0.25, 0.3) is 0 Å². The standard InChI is InChI=1S/C15H20N2O2S/c1-10-8-15(18)17-16-12(10)6-4-11-5-7-13(19-2)14(9-11)20-3/h4-7,9-10,12,16H,8H2,1-3H3,(H,17,18)/b6-4+. The molecular weight excluding hydrogens is 272 g/mol. The van der Waals surface area contributed by atoms with Gasteiger partial charge >= 0.3 is 0 Å². The average Bonchev–Trinajstić information content (AvgIpc) is 2.46. The summed E-state index contributed by atoms with van der Waals surface area (Å²) in [6, 6.07) is 6.27. The van der Waals surface area contributed by atoms with Crippen LogP contribution in [0, 0.1) is 5.92 Å². The molecule has 1 fully saturated rings. The van der Waals surface area contributed by atoms with E-state index in [2.05, 4.69) is 36.0 Å². The highest BCUT2D eigenvalue weighted by atomic mass is 32.2. The molecule has 1 saturated heterocycles. The molecule has 0 saturated carbocycles. The zero-order valence-corrected chi connectivity index (χ0v) is 12.8. The first-order valence-electron chi connectivity index (χ1n) is 6.58. The van der Waals surface area contributed by atoms with Crippen molar-refractivity contribution in [3.63, 3.8) is 0 Å². The van der Waals surface area contributed by atoms with Crippen LogP contribution in [0.5, 0.6) is 5.75 Å². The Hall–Kier alpha value is -1.46. The zero-order valence-electron chi connectivity index (χ0n) is 12.0. The van der Waals surface area contributed by atoms with Gasteiger partial charge in [-0.1, -0.05) is 25.1 Å². The summed E-state index contributed by atoms with van der Waals surface area (Å²) >= 11 is 1.66. The van der Waals surface area contributed by atoms with Crippen LogP contribution in [0.15, 0.2) is 29.2 Å². The number of nitrogens with one attached hydrogen (secondary N) is 2. The molecule has 0 bridgehead atoms. The largest absolute Gasteiger partial charge is 0.496 e. The lowest BCUT2D eigenvalue weighted by Gasteiger charge is -2.27. The maximum absolute atomic E-state index is 11.2. The number of rotatable bonds is 4. The van der Waals surface area contributed by atoms with Gasteiger partial charge < -0.3 is 4.74 Å². The van der Waals surface area contributed by atoms with Gasteiger partial charge in [-0.2, -0.15) is 0 Å². The number of hydrogen-bond donors (Lipinski definition) is 2. The number of ether oxygens (including phenoxy) is 1. The maximum Gasteiger partial charge on any atom is 0.234 e. The van der Waals surface area contributed by atoms with Crippen LogP contribution in [0.25, 0.3) is 6.08 Å². The summed E-state index contributed by atoms with van der Waals surface area (Å²) in [4.78, 5) is 12.4. The van der Waals surface area contributed by atoms with E-state index in [1.54, 1.807) is 18.9 Å². The number of carbonyl (C=O) groups is 1. The molecule has 0 aromatic heterocycles. The van der Waals surface area contributed by atoms with Gasteiger partial charge in [0.2, 0.25) is 5.91 Å². The maximum atomic E-state index is 11.2. The second-order valence-corrected chi connectivity index (χ2v) is 5.72. The van der Waals surface area contributed by atoms with Gasteiger partial charge in [0.05, 0.1) is 7.11 Å². The lowest BCUT2D eigenvalue weighted by atomic mass is 9.96. The van der Waals surface area contributed by atoms with Crippen molar-refractivity contribution < 1.29 is 9.53 Å². The SMILES string of the molecule is COc1ccc(/C=C/C2NNC(=O)CC2C)cc1SC. The van der Waals surface area contributed by atoms with Crippen molar-refractivity contribution in [3.05, 3.63) is 29.8 Å². The van der Waals surface area contributed by atoms with E-state index in [4.69, 9.17) is 4.74 Å². The molecule has 2 rings (SSSR count). The fourth-order valence-corrected chi connectivity index (χ4v) is 2.79. The Labute approximate surface area is 123 Å². The van der Waals surface area contributed by atoms with Crippen LogP contribution < -0.4 is 15.6 Å². The average molecular weight is 292 g/mol. The molecule has 1 aromatic carbocycles. The van der Waals surface area contributed by atoms with Crippen molar-refractivity contribution in [2.75, 3.05) is 13.4 Å². The molecule has 1 aliphatic rings. The molecule has 1 heterocycles. The fraction of sp³-hybridized carbons (Fsp3) is 0.400. The van der Waals surface area contributed by atoms with E-state index < -0.39 is 0 Å². The topological polar surface area (TPSA) is 50.4 Å². The highest BCUT2D eigenvalue weighted by Crippen LogP contribution is 2.28. The van der Waals surface area contributed by atoms with E-state index in [0.29, 0.717) is 12.3 Å². The third kappa shape index (κ3) is 3.55. The number of hydrazine groups is 1. The Morgan fingerprint density at radius 2 is 2.25 bits per heavy atom. The number of carbonyl (C=O) groups excluding carboxylic acids is 1. The monoisotopic (exact) mass is 292 g/mol. The van der Waals surface area contributed by atoms with Crippen LogP contribution in [0.1, 0.15) is 18.9 Å². The Kier molecular flexibility index (Phi) is 5.09. The number of methoxy groups -OCH3 is 1. The molecule has 0 radical (unpaired) electrons. The molecule has 1 aliphatic heterocycles. The van der Waals surface area contributed by atoms with E-state index in [-0.39, 0.29) is 11.9 Å². The summed E-state index contributed by atoms with van der Waals surface area (Å²) in [5.41, 5.74) is 6.83. The zero-order chi connectivity index (χ0) is 14.5. The first-order valence-corrected chi connectivity index (χ1v) is 7.81. The summed E-state index contributed by atoms with van der Waals surface area (Å²) in [7, 11) is 1.68. The molecule has 2 N–H and O–H groups in total. The summed E-state index contributed by atoms with van der Waals surface area (Å²) in [6.45, 7) is 2.07. The van der Waals surface area contributed by atoms with Gasteiger partial charge in [0.15, 0.2) is 0 Å². The highest BCUT2D eigenvalue weighted by Gasteiger charge is 2.22. The molecular formula is C15H20N2O2S. The summed E-state index contributed by atoms with van der Waals surface area (Å²) in [6.07, 6.45) is 6.76. The van der Waals surface area contributed by atoms with Crippen molar-refractivity contribution in [2.24, 2.45) is 5.92 Å². The van der Waals surface area contributed by atoms with Crippen LogP contribution in [-0.2, 0) is 4.79 Å². The van der Waals surface area contributed by atoms with Crippen LogP contribution in [0.2, 0.25) is 0 Å². The Bertz CT molecular complexity index is 517. The van der Waals surface area contributed by atoms with Crippen molar-refractivity contribution in [1.29, 1.82) is 0 Å². The molecule has 0 aliphatic carbocycles. The van der Waals surface area contributed by atoms with Crippen LogP contribution >= 0.6 is 11.8 Å². The molecule has 2 atom stereocenters. The van der Waals surface area contributed by atoms with Gasteiger partial charge in [-0.15, -0.1) is 11.8 Å². The lowest BCUT2D eigenvalue weighted by Crippen LogP contribution is -2.52. The van der Waals surface area contributed by atoms with Gasteiger partial charge in [0, 0.05) is 17.4 Å². The number of benzene rings is 1. The minimum absolute atomic E-state index is 0.0521. The number of amides is 1. The first-order chi connectivity index (χ1) is 9.63. The van der Waals surface area contributed by atoms with E-state index in [0.717, 1.165) is 16.2 Å². The van der Waals surface area contributed by atoms with Gasteiger partial charge in [0.1, 0.15) is 5.75 Å². The second-order valence-electron chi connectivity index (χ2n) is 4.87. The quantitative estimate of drug-likeness (QED) is 0.837. The van der Waals surface area contributed by atoms with Crippen LogP contribution in [-0.4, -0.2) is 25.3 Å². The first kappa shape index (κ1) is 14.9. The van der Waals surface area contributed by atoms with Gasteiger partial charge in [-0.25, -0.2) is 5.43 Å². The van der Waals surface area contributed by atoms with Crippen molar-refractivity contribution >= 4 is 23.7 Å². The van der Waals surface area contributed by atoms with Gasteiger partial charge in [-0.05, 0) is 29.9 Å². The van der Waals surface area contributed by atoms with E-state index in [1.807, 2.05) is 18.4 Å². The third-order valence-electron chi connectivity index (χ3n) is 3.40. The summed E-state index contributed by atoms with van der Waals surface area (Å²) in [5.74, 6) is 1.24. The van der Waals surface area contributed by atoms with Crippen LogP contribution in [0.4, 0.5) is 0 Å². The predicted octanol–water partition coefficient (Wildman–Crippen LogP) is 2.46. The molecule has 1 amide bonds. The van der Waals surface area contributed by atoms with Crippen LogP contribution in [0.3, 0.4) is 0 Å².